The van der Waals surface area contributed by atoms with Gasteiger partial charge in [0.1, 0.15) is 0 Å². The molecule has 0 fully saturated rings. The van der Waals surface area contributed by atoms with E-state index in [0.717, 1.165) is 32.2 Å². The molecule has 0 rings (SSSR count). The highest BCUT2D eigenvalue weighted by Crippen LogP contribution is 2.09. The van der Waals surface area contributed by atoms with Gasteiger partial charge in [0.15, 0.2) is 0 Å². The molecule has 0 bridgehead atoms. The van der Waals surface area contributed by atoms with Crippen LogP contribution in [-0.2, 0) is 9.59 Å². The largest absolute Gasteiger partial charge is 0.368 e. The summed E-state index contributed by atoms with van der Waals surface area (Å²) < 4.78 is 0. The van der Waals surface area contributed by atoms with E-state index in [1.54, 1.807) is 0 Å². The third-order valence-corrected chi connectivity index (χ3v) is 4.19. The fourth-order valence-corrected chi connectivity index (χ4v) is 2.26. The van der Waals surface area contributed by atoms with Gasteiger partial charge in [0.05, 0.1) is 12.6 Å². The topological polar surface area (TPSA) is 75.4 Å². The average Bonchev–Trinajstić information content (AvgIpc) is 2.46. The van der Waals surface area contributed by atoms with Gasteiger partial charge in [-0.15, -0.1) is 0 Å². The predicted molar refractivity (Wildman–Crippen MR) is 86.8 cm³/mol. The Bertz CT molecular complexity index is 321. The highest BCUT2D eigenvalue weighted by molar-refractivity contribution is 5.82. The molecular weight excluding hydrogens is 266 g/mol. The Morgan fingerprint density at radius 2 is 1.76 bits per heavy atom. The van der Waals surface area contributed by atoms with E-state index in [9.17, 15) is 9.59 Å². The number of primary amides is 1. The van der Waals surface area contributed by atoms with Crippen LogP contribution in [0.4, 0.5) is 0 Å². The lowest BCUT2D eigenvalue weighted by Gasteiger charge is -2.30. The van der Waals surface area contributed by atoms with Crippen molar-refractivity contribution in [1.29, 1.82) is 0 Å². The highest BCUT2D eigenvalue weighted by Gasteiger charge is 2.24. The van der Waals surface area contributed by atoms with Crippen molar-refractivity contribution in [3.63, 3.8) is 0 Å². The SMILES string of the molecule is CCCCN(C(=O)CN[C@H](C(N)=O)[C@H](C)CC)[C@@H](C)CC. The van der Waals surface area contributed by atoms with Crippen molar-refractivity contribution < 1.29 is 9.59 Å². The van der Waals surface area contributed by atoms with E-state index in [4.69, 9.17) is 5.73 Å². The second-order valence-corrected chi connectivity index (χ2v) is 5.84. The summed E-state index contributed by atoms with van der Waals surface area (Å²) >= 11 is 0. The molecule has 0 saturated heterocycles. The van der Waals surface area contributed by atoms with Crippen LogP contribution in [0.3, 0.4) is 0 Å². The summed E-state index contributed by atoms with van der Waals surface area (Å²) in [5.41, 5.74) is 5.42. The van der Waals surface area contributed by atoms with Crippen molar-refractivity contribution in [3.05, 3.63) is 0 Å². The summed E-state index contributed by atoms with van der Waals surface area (Å²) in [4.78, 5) is 25.8. The molecule has 0 aromatic heterocycles. The first-order valence-electron chi connectivity index (χ1n) is 8.21. The van der Waals surface area contributed by atoms with Crippen molar-refractivity contribution in [2.45, 2.75) is 72.4 Å². The van der Waals surface area contributed by atoms with Crippen LogP contribution in [0.2, 0.25) is 0 Å². The standard InChI is InChI=1S/C16H33N3O2/c1-6-9-10-19(13(5)8-3)14(20)11-18-15(16(17)21)12(4)7-2/h12-13,15,18H,6-11H2,1-5H3,(H2,17,21)/t12-,13+,15+/m1/s1. The normalized spacial score (nSPS) is 15.3. The van der Waals surface area contributed by atoms with Crippen molar-refractivity contribution in [2.75, 3.05) is 13.1 Å². The summed E-state index contributed by atoms with van der Waals surface area (Å²) in [6.45, 7) is 11.2. The van der Waals surface area contributed by atoms with Gasteiger partial charge in [0.2, 0.25) is 11.8 Å². The highest BCUT2D eigenvalue weighted by atomic mass is 16.2. The Morgan fingerprint density at radius 1 is 1.14 bits per heavy atom. The molecule has 0 heterocycles. The van der Waals surface area contributed by atoms with Crippen molar-refractivity contribution in [3.8, 4) is 0 Å². The molecule has 5 heteroatoms. The number of nitrogens with two attached hydrogens (primary N) is 1. The number of unbranched alkanes of at least 4 members (excludes halogenated alkanes) is 1. The van der Waals surface area contributed by atoms with E-state index in [1.807, 2.05) is 18.7 Å². The molecule has 124 valence electrons. The summed E-state index contributed by atoms with van der Waals surface area (Å²) in [5, 5.41) is 3.04. The fourth-order valence-electron chi connectivity index (χ4n) is 2.26. The molecule has 0 spiro atoms. The molecule has 2 amide bonds. The van der Waals surface area contributed by atoms with Gasteiger partial charge in [0.25, 0.3) is 0 Å². The number of nitrogens with zero attached hydrogens (tertiary/aromatic N) is 1. The van der Waals surface area contributed by atoms with E-state index >= 15 is 0 Å². The van der Waals surface area contributed by atoms with Crippen LogP contribution in [0.25, 0.3) is 0 Å². The van der Waals surface area contributed by atoms with E-state index in [1.165, 1.54) is 0 Å². The van der Waals surface area contributed by atoms with E-state index in [2.05, 4.69) is 26.1 Å². The Morgan fingerprint density at radius 3 is 2.19 bits per heavy atom. The van der Waals surface area contributed by atoms with Crippen LogP contribution in [-0.4, -0.2) is 41.9 Å². The first kappa shape index (κ1) is 19.9. The van der Waals surface area contributed by atoms with Crippen molar-refractivity contribution >= 4 is 11.8 Å². The lowest BCUT2D eigenvalue weighted by atomic mass is 9.98. The van der Waals surface area contributed by atoms with E-state index < -0.39 is 6.04 Å². The second kappa shape index (κ2) is 10.6. The van der Waals surface area contributed by atoms with Gasteiger partial charge in [-0.2, -0.15) is 0 Å². The molecule has 0 aliphatic heterocycles. The van der Waals surface area contributed by atoms with Gasteiger partial charge in [0, 0.05) is 12.6 Å². The molecule has 0 aromatic rings. The quantitative estimate of drug-likeness (QED) is 0.612. The third-order valence-electron chi connectivity index (χ3n) is 4.19. The number of amides is 2. The maximum absolute atomic E-state index is 12.4. The molecule has 0 saturated carbocycles. The summed E-state index contributed by atoms with van der Waals surface area (Å²) in [7, 11) is 0. The van der Waals surface area contributed by atoms with Crippen LogP contribution in [0.5, 0.6) is 0 Å². The van der Waals surface area contributed by atoms with Gasteiger partial charge in [-0.05, 0) is 25.7 Å². The molecule has 0 unspecified atom stereocenters. The van der Waals surface area contributed by atoms with Crippen LogP contribution < -0.4 is 11.1 Å². The molecule has 0 radical (unpaired) electrons. The zero-order valence-corrected chi connectivity index (χ0v) is 14.3. The van der Waals surface area contributed by atoms with E-state index in [0.29, 0.717) is 0 Å². The predicted octanol–water partition coefficient (Wildman–Crippen LogP) is 1.90. The number of nitrogens with one attached hydrogen (secondary N) is 1. The Kier molecular flexibility index (Phi) is 10.0. The summed E-state index contributed by atoms with van der Waals surface area (Å²) in [6.07, 6.45) is 3.84. The molecule has 3 atom stereocenters. The average molecular weight is 299 g/mol. The maximum Gasteiger partial charge on any atom is 0.236 e. The molecule has 21 heavy (non-hydrogen) atoms. The van der Waals surface area contributed by atoms with Gasteiger partial charge in [-0.25, -0.2) is 0 Å². The van der Waals surface area contributed by atoms with Crippen LogP contribution >= 0.6 is 0 Å². The number of carbonyl (C=O) groups excluding carboxylic acids is 2. The minimum absolute atomic E-state index is 0.0485. The Balaban J connectivity index is 4.62. The second-order valence-electron chi connectivity index (χ2n) is 5.84. The molecule has 0 aromatic carbocycles. The first-order chi connectivity index (χ1) is 9.88. The fraction of sp³-hybridized carbons (Fsp3) is 0.875. The lowest BCUT2D eigenvalue weighted by Crippen LogP contribution is -2.51. The maximum atomic E-state index is 12.4. The summed E-state index contributed by atoms with van der Waals surface area (Å²) in [6, 6.07) is -0.217. The summed E-state index contributed by atoms with van der Waals surface area (Å²) in [5.74, 6) is -0.212. The molecule has 3 N–H and O–H groups in total. The van der Waals surface area contributed by atoms with Crippen LogP contribution in [0, 0.1) is 5.92 Å². The van der Waals surface area contributed by atoms with Crippen LogP contribution in [0.1, 0.15) is 60.3 Å². The minimum atomic E-state index is -0.441. The van der Waals surface area contributed by atoms with Gasteiger partial charge in [-0.3, -0.25) is 14.9 Å². The van der Waals surface area contributed by atoms with Crippen molar-refractivity contribution in [2.24, 2.45) is 11.7 Å². The zero-order chi connectivity index (χ0) is 16.4. The number of rotatable bonds is 11. The zero-order valence-electron chi connectivity index (χ0n) is 14.3. The Labute approximate surface area is 129 Å². The van der Waals surface area contributed by atoms with Crippen molar-refractivity contribution in [1.82, 2.24) is 10.2 Å². The third kappa shape index (κ3) is 6.93. The smallest absolute Gasteiger partial charge is 0.236 e. The van der Waals surface area contributed by atoms with Crippen LogP contribution in [0.15, 0.2) is 0 Å². The molecule has 5 nitrogen and oxygen atoms in total. The monoisotopic (exact) mass is 299 g/mol. The lowest BCUT2D eigenvalue weighted by molar-refractivity contribution is -0.132. The minimum Gasteiger partial charge on any atom is -0.368 e. The van der Waals surface area contributed by atoms with Gasteiger partial charge in [-0.1, -0.05) is 40.5 Å². The molecular formula is C16H33N3O2. The van der Waals surface area contributed by atoms with E-state index in [-0.39, 0.29) is 30.3 Å². The first-order valence-corrected chi connectivity index (χ1v) is 8.21. The van der Waals surface area contributed by atoms with Gasteiger partial charge >= 0.3 is 0 Å². The number of hydrogen-bond acceptors (Lipinski definition) is 3. The molecule has 0 aliphatic carbocycles. The number of hydrogen-bond donors (Lipinski definition) is 2. The number of carbonyl (C=O) groups is 2. The molecule has 0 aliphatic rings. The van der Waals surface area contributed by atoms with Gasteiger partial charge < -0.3 is 10.6 Å². The Hall–Kier alpha value is -1.10.